The van der Waals surface area contributed by atoms with Crippen LogP contribution in [0.4, 0.5) is 5.69 Å². The lowest BCUT2D eigenvalue weighted by molar-refractivity contribution is 0.354. The molecule has 2 aromatic carbocycles. The summed E-state index contributed by atoms with van der Waals surface area (Å²) < 4.78 is 16.1. The predicted octanol–water partition coefficient (Wildman–Crippen LogP) is 3.66. The lowest BCUT2D eigenvalue weighted by atomic mass is 10.1. The molecule has 0 aliphatic carbocycles. The molecule has 3 rings (SSSR count). The summed E-state index contributed by atoms with van der Waals surface area (Å²) >= 11 is 0. The zero-order valence-corrected chi connectivity index (χ0v) is 21.8. The Labute approximate surface area is 208 Å². The molecule has 0 aromatic heterocycles. The van der Waals surface area contributed by atoms with Crippen LogP contribution in [0, 0.1) is 0 Å². The maximum absolute atomic E-state index is 5.39. The lowest BCUT2D eigenvalue weighted by Gasteiger charge is -2.37. The van der Waals surface area contributed by atoms with Crippen molar-refractivity contribution >= 4 is 35.6 Å². The van der Waals surface area contributed by atoms with E-state index in [4.69, 9.17) is 14.2 Å². The maximum atomic E-state index is 5.39. The van der Waals surface area contributed by atoms with Crippen LogP contribution in [0.25, 0.3) is 0 Å². The molecule has 1 aliphatic heterocycles. The minimum Gasteiger partial charge on any atom is -0.497 e. The van der Waals surface area contributed by atoms with Gasteiger partial charge in [-0.15, -0.1) is 24.0 Å². The van der Waals surface area contributed by atoms with E-state index in [9.17, 15) is 0 Å². The Kier molecular flexibility index (Phi) is 10.7. The number of guanidine groups is 1. The molecule has 8 heteroatoms. The lowest BCUT2D eigenvalue weighted by Crippen LogP contribution is -2.52. The summed E-state index contributed by atoms with van der Waals surface area (Å²) in [6, 6.07) is 14.4. The van der Waals surface area contributed by atoms with E-state index in [0.29, 0.717) is 0 Å². The molecule has 176 valence electrons. The molecule has 1 saturated heterocycles. The first-order valence-corrected chi connectivity index (χ1v) is 10.7. The molecule has 1 fully saturated rings. The van der Waals surface area contributed by atoms with Crippen LogP contribution in [0.3, 0.4) is 0 Å². The third-order valence-electron chi connectivity index (χ3n) is 5.58. The number of hydrogen-bond donors (Lipinski definition) is 1. The maximum Gasteiger partial charge on any atom is 0.193 e. The van der Waals surface area contributed by atoms with Crippen molar-refractivity contribution in [3.8, 4) is 17.2 Å². The number of nitrogens with one attached hydrogen (secondary N) is 1. The summed E-state index contributed by atoms with van der Waals surface area (Å²) in [7, 11) is 6.88. The summed E-state index contributed by atoms with van der Waals surface area (Å²) in [5, 5.41) is 3.51. The van der Waals surface area contributed by atoms with Crippen molar-refractivity contribution in [3.05, 3.63) is 48.0 Å². The first-order valence-electron chi connectivity index (χ1n) is 10.7. The summed E-state index contributed by atoms with van der Waals surface area (Å²) in [4.78, 5) is 9.21. The molecule has 32 heavy (non-hydrogen) atoms. The van der Waals surface area contributed by atoms with E-state index in [0.717, 1.165) is 68.8 Å². The number of aryl methyl sites for hydroxylation is 1. The van der Waals surface area contributed by atoms with E-state index >= 15 is 0 Å². The fourth-order valence-electron chi connectivity index (χ4n) is 3.84. The second-order valence-corrected chi connectivity index (χ2v) is 7.44. The summed E-state index contributed by atoms with van der Waals surface area (Å²) in [5.74, 6) is 3.40. The van der Waals surface area contributed by atoms with Gasteiger partial charge >= 0.3 is 0 Å². The average molecular weight is 554 g/mol. The SMILES string of the molecule is CN=C(NCCCc1ccc(OC)c(OC)c1)N1CCN(c2cccc(OC)c2)CC1.I. The van der Waals surface area contributed by atoms with Crippen molar-refractivity contribution in [1.29, 1.82) is 0 Å². The number of piperazine rings is 1. The van der Waals surface area contributed by atoms with Crippen LogP contribution in [0.2, 0.25) is 0 Å². The van der Waals surface area contributed by atoms with E-state index in [1.165, 1.54) is 11.3 Å². The standard InChI is InChI=1S/C24H34N4O3.HI/c1-25-24(26-12-6-7-19-10-11-22(30-3)23(17-19)31-4)28-15-13-27(14-16-28)20-8-5-9-21(18-20)29-2;/h5,8-11,17-18H,6-7,12-16H2,1-4H3,(H,25,26);1H. The van der Waals surface area contributed by atoms with Gasteiger partial charge in [0, 0.05) is 51.5 Å². The number of hydrogen-bond acceptors (Lipinski definition) is 5. The molecule has 0 radical (unpaired) electrons. The smallest absolute Gasteiger partial charge is 0.193 e. The van der Waals surface area contributed by atoms with Crippen LogP contribution in [0.15, 0.2) is 47.5 Å². The van der Waals surface area contributed by atoms with Crippen LogP contribution in [-0.4, -0.2) is 72.0 Å². The number of rotatable bonds is 8. The van der Waals surface area contributed by atoms with Gasteiger partial charge in [0.05, 0.1) is 21.3 Å². The largest absolute Gasteiger partial charge is 0.497 e. The molecule has 0 spiro atoms. The van der Waals surface area contributed by atoms with Crippen LogP contribution in [0.1, 0.15) is 12.0 Å². The van der Waals surface area contributed by atoms with Gasteiger partial charge in [-0.2, -0.15) is 0 Å². The van der Waals surface area contributed by atoms with Crippen molar-refractivity contribution in [3.63, 3.8) is 0 Å². The molecular weight excluding hydrogens is 519 g/mol. The second-order valence-electron chi connectivity index (χ2n) is 7.44. The molecule has 7 nitrogen and oxygen atoms in total. The van der Waals surface area contributed by atoms with E-state index in [-0.39, 0.29) is 24.0 Å². The van der Waals surface area contributed by atoms with E-state index in [1.54, 1.807) is 21.3 Å². The third kappa shape index (κ3) is 6.82. The fourth-order valence-corrected chi connectivity index (χ4v) is 3.84. The molecule has 0 atom stereocenters. The number of methoxy groups -OCH3 is 3. The highest BCUT2D eigenvalue weighted by molar-refractivity contribution is 14.0. The van der Waals surface area contributed by atoms with Crippen molar-refractivity contribution in [1.82, 2.24) is 10.2 Å². The van der Waals surface area contributed by atoms with Gasteiger partial charge in [0.25, 0.3) is 0 Å². The number of ether oxygens (including phenoxy) is 3. The van der Waals surface area contributed by atoms with Gasteiger partial charge in [-0.3, -0.25) is 4.99 Å². The van der Waals surface area contributed by atoms with E-state index in [1.807, 2.05) is 31.3 Å². The molecule has 1 heterocycles. The van der Waals surface area contributed by atoms with Crippen molar-refractivity contribution in [2.24, 2.45) is 4.99 Å². The Morgan fingerprint density at radius 3 is 2.34 bits per heavy atom. The molecule has 0 unspecified atom stereocenters. The third-order valence-corrected chi connectivity index (χ3v) is 5.58. The Balaban J connectivity index is 0.00000363. The van der Waals surface area contributed by atoms with Gasteiger partial charge in [-0.1, -0.05) is 12.1 Å². The van der Waals surface area contributed by atoms with Gasteiger partial charge in [0.2, 0.25) is 0 Å². The first-order chi connectivity index (χ1) is 15.2. The molecule has 0 bridgehead atoms. The Morgan fingerprint density at radius 2 is 1.69 bits per heavy atom. The van der Waals surface area contributed by atoms with Gasteiger partial charge in [-0.25, -0.2) is 0 Å². The Morgan fingerprint density at radius 1 is 0.938 bits per heavy atom. The van der Waals surface area contributed by atoms with Gasteiger partial charge in [0.15, 0.2) is 17.5 Å². The molecule has 1 aliphatic rings. The van der Waals surface area contributed by atoms with Gasteiger partial charge in [0.1, 0.15) is 5.75 Å². The average Bonchev–Trinajstić information content (AvgIpc) is 2.84. The highest BCUT2D eigenvalue weighted by Gasteiger charge is 2.20. The molecular formula is C24H35IN4O3. The summed E-state index contributed by atoms with van der Waals surface area (Å²) in [6.07, 6.45) is 1.98. The molecule has 1 N–H and O–H groups in total. The second kappa shape index (κ2) is 13.2. The predicted molar refractivity (Wildman–Crippen MR) is 141 cm³/mol. The van der Waals surface area contributed by atoms with E-state index < -0.39 is 0 Å². The van der Waals surface area contributed by atoms with Crippen LogP contribution < -0.4 is 24.4 Å². The van der Waals surface area contributed by atoms with E-state index in [2.05, 4.69) is 38.3 Å². The molecule has 0 saturated carbocycles. The highest BCUT2D eigenvalue weighted by atomic mass is 127. The summed E-state index contributed by atoms with van der Waals surface area (Å²) in [6.45, 7) is 4.66. The van der Waals surface area contributed by atoms with Crippen LogP contribution >= 0.6 is 24.0 Å². The first kappa shape index (κ1) is 25.9. The van der Waals surface area contributed by atoms with Gasteiger partial charge in [-0.05, 0) is 42.7 Å². The Bertz CT molecular complexity index is 870. The number of anilines is 1. The van der Waals surface area contributed by atoms with Gasteiger partial charge < -0.3 is 29.3 Å². The van der Waals surface area contributed by atoms with Crippen molar-refractivity contribution in [2.75, 3.05) is 66.0 Å². The molecule has 0 amide bonds. The fraction of sp³-hybridized carbons (Fsp3) is 0.458. The van der Waals surface area contributed by atoms with Crippen LogP contribution in [0.5, 0.6) is 17.2 Å². The quantitative estimate of drug-likeness (QED) is 0.233. The number of benzene rings is 2. The topological polar surface area (TPSA) is 58.6 Å². The molecule has 2 aromatic rings. The monoisotopic (exact) mass is 554 g/mol. The normalized spacial score (nSPS) is 13.9. The Hall–Kier alpha value is -2.36. The summed E-state index contributed by atoms with van der Waals surface area (Å²) in [5.41, 5.74) is 2.44. The number of nitrogens with zero attached hydrogens (tertiary/aromatic N) is 3. The minimum atomic E-state index is 0. The van der Waals surface area contributed by atoms with Crippen LogP contribution in [-0.2, 0) is 6.42 Å². The minimum absolute atomic E-state index is 0. The van der Waals surface area contributed by atoms with Crippen molar-refractivity contribution in [2.45, 2.75) is 12.8 Å². The highest BCUT2D eigenvalue weighted by Crippen LogP contribution is 2.28. The van der Waals surface area contributed by atoms with Crippen molar-refractivity contribution < 1.29 is 14.2 Å². The number of halogens is 1. The zero-order valence-electron chi connectivity index (χ0n) is 19.5. The number of aliphatic imine (C=N–C) groups is 1. The zero-order chi connectivity index (χ0) is 22.1.